The highest BCUT2D eigenvalue weighted by Gasteiger charge is 2.26. The monoisotopic (exact) mass is 365 g/mol. The molecule has 2 fully saturated rings. The fourth-order valence-corrected chi connectivity index (χ4v) is 3.91. The molecule has 1 N–H and O–H groups in total. The summed E-state index contributed by atoms with van der Waals surface area (Å²) in [4.78, 5) is 16.9. The van der Waals surface area contributed by atoms with Gasteiger partial charge in [-0.3, -0.25) is 14.6 Å². The van der Waals surface area contributed by atoms with Crippen molar-refractivity contribution in [3.8, 4) is 5.75 Å². The highest BCUT2D eigenvalue weighted by molar-refractivity contribution is 6.30. The Kier molecular flexibility index (Phi) is 6.96. The van der Waals surface area contributed by atoms with Gasteiger partial charge in [0.15, 0.2) is 0 Å². The Balaban J connectivity index is 1.28. The molecule has 1 heterocycles. The van der Waals surface area contributed by atoms with E-state index in [0.717, 1.165) is 38.0 Å². The molecule has 5 nitrogen and oxygen atoms in total. The first-order valence-corrected chi connectivity index (χ1v) is 9.70. The number of rotatable bonds is 7. The largest absolute Gasteiger partial charge is 0.492 e. The third kappa shape index (κ3) is 5.87. The first-order chi connectivity index (χ1) is 12.2. The van der Waals surface area contributed by atoms with Crippen LogP contribution < -0.4 is 10.1 Å². The van der Waals surface area contributed by atoms with Crippen molar-refractivity contribution in [1.29, 1.82) is 0 Å². The molecule has 1 amide bonds. The van der Waals surface area contributed by atoms with E-state index in [1.165, 1.54) is 25.7 Å². The molecule has 1 aromatic rings. The summed E-state index contributed by atoms with van der Waals surface area (Å²) in [5.41, 5.74) is 0. The van der Waals surface area contributed by atoms with Crippen LogP contribution in [-0.2, 0) is 4.79 Å². The Labute approximate surface area is 155 Å². The average Bonchev–Trinajstić information content (AvgIpc) is 3.14. The number of hydrogen-bond acceptors (Lipinski definition) is 4. The van der Waals surface area contributed by atoms with Crippen LogP contribution in [0.4, 0.5) is 0 Å². The van der Waals surface area contributed by atoms with Gasteiger partial charge < -0.3 is 10.1 Å². The maximum Gasteiger partial charge on any atom is 0.234 e. The zero-order valence-electron chi connectivity index (χ0n) is 14.8. The van der Waals surface area contributed by atoms with Gasteiger partial charge in [0, 0.05) is 37.2 Å². The zero-order chi connectivity index (χ0) is 17.5. The van der Waals surface area contributed by atoms with E-state index in [-0.39, 0.29) is 5.91 Å². The van der Waals surface area contributed by atoms with Gasteiger partial charge in [-0.15, -0.1) is 0 Å². The van der Waals surface area contributed by atoms with Crippen LogP contribution in [0.25, 0.3) is 0 Å². The molecule has 0 spiro atoms. The molecule has 0 aromatic heterocycles. The van der Waals surface area contributed by atoms with Gasteiger partial charge in [0.1, 0.15) is 12.4 Å². The van der Waals surface area contributed by atoms with E-state index < -0.39 is 0 Å². The van der Waals surface area contributed by atoms with Crippen LogP contribution in [-0.4, -0.2) is 67.6 Å². The number of piperazine rings is 1. The van der Waals surface area contributed by atoms with E-state index in [9.17, 15) is 4.79 Å². The molecule has 0 bridgehead atoms. The smallest absolute Gasteiger partial charge is 0.234 e. The predicted octanol–water partition coefficient (Wildman–Crippen LogP) is 2.40. The normalized spacial score (nSPS) is 19.9. The maximum atomic E-state index is 12.1. The van der Waals surface area contributed by atoms with Crippen molar-refractivity contribution in [2.24, 2.45) is 0 Å². The van der Waals surface area contributed by atoms with Crippen molar-refractivity contribution in [2.75, 3.05) is 45.9 Å². The molecular weight excluding hydrogens is 338 g/mol. The van der Waals surface area contributed by atoms with E-state index in [1.807, 2.05) is 18.2 Å². The summed E-state index contributed by atoms with van der Waals surface area (Å²) in [7, 11) is 0. The molecule has 138 valence electrons. The van der Waals surface area contributed by atoms with Gasteiger partial charge in [-0.25, -0.2) is 0 Å². The summed E-state index contributed by atoms with van der Waals surface area (Å²) in [6, 6.07) is 8.08. The maximum absolute atomic E-state index is 12.1. The summed E-state index contributed by atoms with van der Waals surface area (Å²) in [5.74, 6) is 0.800. The minimum absolute atomic E-state index is 0.0732. The summed E-state index contributed by atoms with van der Waals surface area (Å²) < 4.78 is 5.58. The molecule has 0 atom stereocenters. The zero-order valence-corrected chi connectivity index (χ0v) is 15.5. The number of ether oxygens (including phenoxy) is 1. The van der Waals surface area contributed by atoms with Crippen LogP contribution in [0.15, 0.2) is 24.3 Å². The highest BCUT2D eigenvalue weighted by atomic mass is 35.5. The van der Waals surface area contributed by atoms with Crippen LogP contribution in [0.1, 0.15) is 25.7 Å². The van der Waals surface area contributed by atoms with Crippen molar-refractivity contribution < 1.29 is 9.53 Å². The quantitative estimate of drug-likeness (QED) is 0.754. The Morgan fingerprint density at radius 2 is 1.96 bits per heavy atom. The van der Waals surface area contributed by atoms with Gasteiger partial charge >= 0.3 is 0 Å². The number of carbonyl (C=O) groups excluding carboxylic acids is 1. The van der Waals surface area contributed by atoms with E-state index in [0.29, 0.717) is 24.7 Å². The molecule has 2 aliphatic rings. The predicted molar refractivity (Wildman–Crippen MR) is 100 cm³/mol. The van der Waals surface area contributed by atoms with Gasteiger partial charge in [0.05, 0.1) is 13.1 Å². The van der Waals surface area contributed by atoms with Crippen molar-refractivity contribution in [2.45, 2.75) is 31.7 Å². The minimum Gasteiger partial charge on any atom is -0.492 e. The highest BCUT2D eigenvalue weighted by Crippen LogP contribution is 2.24. The third-order valence-corrected chi connectivity index (χ3v) is 5.34. The molecule has 6 heteroatoms. The molecule has 1 saturated heterocycles. The Morgan fingerprint density at radius 1 is 1.20 bits per heavy atom. The van der Waals surface area contributed by atoms with Gasteiger partial charge in [-0.2, -0.15) is 0 Å². The molecule has 1 aromatic carbocycles. The molecule has 3 rings (SSSR count). The van der Waals surface area contributed by atoms with Crippen LogP contribution in [0.3, 0.4) is 0 Å². The first kappa shape index (κ1) is 18.5. The second kappa shape index (κ2) is 9.41. The van der Waals surface area contributed by atoms with E-state index in [1.54, 1.807) is 6.07 Å². The lowest BCUT2D eigenvalue weighted by Crippen LogP contribution is -2.52. The number of halogens is 1. The molecular formula is C19H28ClN3O2. The number of nitrogens with one attached hydrogen (secondary N) is 1. The number of hydrogen-bond donors (Lipinski definition) is 1. The van der Waals surface area contributed by atoms with Crippen molar-refractivity contribution in [3.63, 3.8) is 0 Å². The Hall–Kier alpha value is -1.30. The lowest BCUT2D eigenvalue weighted by Gasteiger charge is -2.37. The lowest BCUT2D eigenvalue weighted by atomic mass is 10.2. The number of nitrogens with zero attached hydrogens (tertiary/aromatic N) is 2. The summed E-state index contributed by atoms with van der Waals surface area (Å²) in [6.07, 6.45) is 5.47. The van der Waals surface area contributed by atoms with E-state index in [4.69, 9.17) is 16.3 Å². The van der Waals surface area contributed by atoms with Crippen molar-refractivity contribution in [1.82, 2.24) is 15.1 Å². The van der Waals surface area contributed by atoms with E-state index in [2.05, 4.69) is 15.1 Å². The number of carbonyl (C=O) groups is 1. The lowest BCUT2D eigenvalue weighted by molar-refractivity contribution is -0.122. The van der Waals surface area contributed by atoms with E-state index >= 15 is 0 Å². The third-order valence-electron chi connectivity index (χ3n) is 5.10. The standard InChI is InChI=1S/C19H28ClN3O2/c20-16-4-3-7-18(14-16)25-13-8-21-19(24)15-22-9-11-23(12-10-22)17-5-1-2-6-17/h3-4,7,14,17H,1-2,5-6,8-13,15H2,(H,21,24). The molecule has 1 saturated carbocycles. The first-order valence-electron chi connectivity index (χ1n) is 9.32. The van der Waals surface area contributed by atoms with Crippen LogP contribution in [0.5, 0.6) is 5.75 Å². The van der Waals surface area contributed by atoms with Crippen molar-refractivity contribution in [3.05, 3.63) is 29.3 Å². The van der Waals surface area contributed by atoms with Gasteiger partial charge in [-0.1, -0.05) is 30.5 Å². The second-order valence-electron chi connectivity index (χ2n) is 6.91. The van der Waals surface area contributed by atoms with Crippen LogP contribution in [0, 0.1) is 0 Å². The second-order valence-corrected chi connectivity index (χ2v) is 7.34. The summed E-state index contributed by atoms with van der Waals surface area (Å²) in [5, 5.41) is 3.58. The number of amides is 1. The molecule has 0 unspecified atom stereocenters. The van der Waals surface area contributed by atoms with Crippen molar-refractivity contribution >= 4 is 17.5 Å². The average molecular weight is 366 g/mol. The number of benzene rings is 1. The van der Waals surface area contributed by atoms with Gasteiger partial charge in [0.25, 0.3) is 0 Å². The fraction of sp³-hybridized carbons (Fsp3) is 0.632. The molecule has 1 aliphatic heterocycles. The van der Waals surface area contributed by atoms with Gasteiger partial charge in [0.2, 0.25) is 5.91 Å². The van der Waals surface area contributed by atoms with Crippen LogP contribution >= 0.6 is 11.6 Å². The molecule has 0 radical (unpaired) electrons. The van der Waals surface area contributed by atoms with Crippen LogP contribution in [0.2, 0.25) is 5.02 Å². The Morgan fingerprint density at radius 3 is 2.68 bits per heavy atom. The fourth-order valence-electron chi connectivity index (χ4n) is 3.73. The minimum atomic E-state index is 0.0732. The Bertz CT molecular complexity index is 555. The summed E-state index contributed by atoms with van der Waals surface area (Å²) in [6.45, 7) is 5.60. The molecule has 25 heavy (non-hydrogen) atoms. The molecule has 1 aliphatic carbocycles. The summed E-state index contributed by atoms with van der Waals surface area (Å²) >= 11 is 5.91. The SMILES string of the molecule is O=C(CN1CCN(C2CCCC2)CC1)NCCOc1cccc(Cl)c1. The van der Waals surface area contributed by atoms with Gasteiger partial charge in [-0.05, 0) is 31.0 Å². The topological polar surface area (TPSA) is 44.8 Å².